The highest BCUT2D eigenvalue weighted by atomic mass is 35.5. The molecule has 5 rings (SSSR count). The molecule has 9 nitrogen and oxygen atoms in total. The first-order chi connectivity index (χ1) is 16.9. The fraction of sp³-hybridized carbons (Fsp3) is 0.154. The molecule has 0 bridgehead atoms. The van der Waals surface area contributed by atoms with Crippen molar-refractivity contribution in [3.05, 3.63) is 82.9 Å². The van der Waals surface area contributed by atoms with Crippen LogP contribution in [0.5, 0.6) is 5.75 Å². The Morgan fingerprint density at radius 2 is 1.67 bits per heavy atom. The molecule has 0 radical (unpaired) electrons. The van der Waals surface area contributed by atoms with Crippen molar-refractivity contribution in [1.29, 1.82) is 0 Å². The first-order valence-electron chi connectivity index (χ1n) is 10.9. The van der Waals surface area contributed by atoms with E-state index in [1.54, 1.807) is 31.4 Å². The summed E-state index contributed by atoms with van der Waals surface area (Å²) in [4.78, 5) is 15.1. The van der Waals surface area contributed by atoms with Crippen LogP contribution in [-0.4, -0.2) is 12.1 Å². The third-order valence-corrected chi connectivity index (χ3v) is 5.09. The molecule has 0 spiro atoms. The smallest absolute Gasteiger partial charge is 0.336 e. The number of nitrogens with zero attached hydrogens (tertiary/aromatic N) is 3. The Labute approximate surface area is 213 Å². The van der Waals surface area contributed by atoms with E-state index in [0.717, 1.165) is 28.0 Å². The molecule has 2 aromatic carbocycles. The predicted octanol–water partition coefficient (Wildman–Crippen LogP) is 6.75. The number of methoxy groups -OCH3 is 1. The van der Waals surface area contributed by atoms with Gasteiger partial charge in [0.25, 0.3) is 0 Å². The van der Waals surface area contributed by atoms with E-state index in [2.05, 4.69) is 15.2 Å². The van der Waals surface area contributed by atoms with Gasteiger partial charge in [0, 0.05) is 23.4 Å². The van der Waals surface area contributed by atoms with Gasteiger partial charge in [-0.1, -0.05) is 32.0 Å². The van der Waals surface area contributed by atoms with E-state index < -0.39 is 0 Å². The summed E-state index contributed by atoms with van der Waals surface area (Å²) in [6.45, 7) is 4.08. The van der Waals surface area contributed by atoms with Crippen LogP contribution >= 0.6 is 12.4 Å². The Bertz CT molecular complexity index is 1560. The van der Waals surface area contributed by atoms with Gasteiger partial charge in [-0.3, -0.25) is 0 Å². The largest absolute Gasteiger partial charge is 0.492 e. The molecule has 36 heavy (non-hydrogen) atoms. The number of hydrogen-bond donors (Lipinski definition) is 2. The van der Waals surface area contributed by atoms with Crippen LogP contribution in [0, 0.1) is 0 Å². The second-order valence-electron chi connectivity index (χ2n) is 7.97. The molecule has 0 saturated heterocycles. The molecule has 0 atom stereocenters. The monoisotopic (exact) mass is 507 g/mol. The van der Waals surface area contributed by atoms with Crippen LogP contribution in [0.25, 0.3) is 21.9 Å². The predicted molar refractivity (Wildman–Crippen MR) is 144 cm³/mol. The number of rotatable bonds is 4. The maximum absolute atomic E-state index is 11.2. The number of aromatic nitrogens is 1. The minimum atomic E-state index is -0.366. The minimum absolute atomic E-state index is 0. The lowest BCUT2D eigenvalue weighted by Crippen LogP contribution is -1.95. The molecule has 0 amide bonds. The first-order valence-corrected chi connectivity index (χ1v) is 10.9. The molecular weight excluding hydrogens is 482 g/mol. The van der Waals surface area contributed by atoms with Gasteiger partial charge in [-0.05, 0) is 36.4 Å². The van der Waals surface area contributed by atoms with Gasteiger partial charge in [0.1, 0.15) is 28.4 Å². The van der Waals surface area contributed by atoms with Crippen LogP contribution in [0.1, 0.15) is 25.5 Å². The Kier molecular flexibility index (Phi) is 8.29. The molecule has 0 saturated carbocycles. The summed E-state index contributed by atoms with van der Waals surface area (Å²) in [7, 11) is 1.63. The van der Waals surface area contributed by atoms with Crippen molar-refractivity contribution < 1.29 is 13.6 Å². The summed E-state index contributed by atoms with van der Waals surface area (Å²) in [5.41, 5.74) is 13.2. The Morgan fingerprint density at radius 1 is 0.917 bits per heavy atom. The van der Waals surface area contributed by atoms with Crippen molar-refractivity contribution in [3.63, 3.8) is 0 Å². The molecule has 4 N–H and O–H groups in total. The number of furan rings is 1. The van der Waals surface area contributed by atoms with Crippen LogP contribution in [0.15, 0.2) is 90.6 Å². The Balaban J connectivity index is 0.000000198. The van der Waals surface area contributed by atoms with E-state index in [1.807, 2.05) is 50.2 Å². The summed E-state index contributed by atoms with van der Waals surface area (Å²) in [6.07, 6.45) is 0. The number of halogens is 1. The van der Waals surface area contributed by atoms with Crippen LogP contribution in [-0.2, 0) is 0 Å². The number of pyridine rings is 1. The van der Waals surface area contributed by atoms with Gasteiger partial charge in [-0.25, -0.2) is 9.78 Å². The average Bonchev–Trinajstić information content (AvgIpc) is 3.21. The second-order valence-corrected chi connectivity index (χ2v) is 7.97. The summed E-state index contributed by atoms with van der Waals surface area (Å²) in [5, 5.41) is 9.77. The van der Waals surface area contributed by atoms with Crippen molar-refractivity contribution in [2.75, 3.05) is 18.6 Å². The van der Waals surface area contributed by atoms with E-state index in [9.17, 15) is 4.79 Å². The number of nitrogen functional groups attached to an aromatic ring is 2. The number of anilines is 2. The molecule has 0 aliphatic rings. The zero-order valence-corrected chi connectivity index (χ0v) is 20.8. The van der Waals surface area contributed by atoms with E-state index in [4.69, 9.17) is 25.0 Å². The Morgan fingerprint density at radius 3 is 2.33 bits per heavy atom. The van der Waals surface area contributed by atoms with Gasteiger partial charge in [0.2, 0.25) is 0 Å². The third-order valence-electron chi connectivity index (χ3n) is 5.09. The lowest BCUT2D eigenvalue weighted by Gasteiger charge is -2.03. The van der Waals surface area contributed by atoms with Crippen molar-refractivity contribution in [3.8, 4) is 5.75 Å². The van der Waals surface area contributed by atoms with E-state index in [-0.39, 0.29) is 29.8 Å². The highest BCUT2D eigenvalue weighted by Crippen LogP contribution is 2.38. The van der Waals surface area contributed by atoms with Crippen molar-refractivity contribution in [2.45, 2.75) is 19.8 Å². The molecule has 0 unspecified atom stereocenters. The van der Waals surface area contributed by atoms with Gasteiger partial charge in [0.15, 0.2) is 11.6 Å². The van der Waals surface area contributed by atoms with E-state index in [0.29, 0.717) is 22.7 Å². The highest BCUT2D eigenvalue weighted by molar-refractivity contribution is 5.97. The van der Waals surface area contributed by atoms with Gasteiger partial charge >= 0.3 is 5.63 Å². The fourth-order valence-corrected chi connectivity index (χ4v) is 3.42. The van der Waals surface area contributed by atoms with Crippen molar-refractivity contribution in [1.82, 2.24) is 4.98 Å². The van der Waals surface area contributed by atoms with Gasteiger partial charge in [-0.2, -0.15) is 5.11 Å². The van der Waals surface area contributed by atoms with Crippen molar-refractivity contribution in [2.24, 2.45) is 10.2 Å². The van der Waals surface area contributed by atoms with E-state index >= 15 is 0 Å². The molecule has 5 aromatic rings. The lowest BCUT2D eigenvalue weighted by molar-refractivity contribution is 0.390. The Hall–Kier alpha value is -4.37. The van der Waals surface area contributed by atoms with Crippen LogP contribution in [0.2, 0.25) is 0 Å². The molecule has 186 valence electrons. The normalized spacial score (nSPS) is 10.9. The van der Waals surface area contributed by atoms with Gasteiger partial charge in [0.05, 0.1) is 18.2 Å². The van der Waals surface area contributed by atoms with Crippen LogP contribution in [0.3, 0.4) is 0 Å². The summed E-state index contributed by atoms with van der Waals surface area (Å²) >= 11 is 0. The zero-order valence-electron chi connectivity index (χ0n) is 20.0. The number of benzene rings is 2. The fourth-order valence-electron chi connectivity index (χ4n) is 3.42. The third kappa shape index (κ3) is 5.81. The lowest BCUT2D eigenvalue weighted by atomic mass is 10.1. The highest BCUT2D eigenvalue weighted by Gasteiger charge is 2.18. The molecule has 3 heterocycles. The van der Waals surface area contributed by atoms with E-state index in [1.165, 1.54) is 6.07 Å². The van der Waals surface area contributed by atoms with Gasteiger partial charge < -0.3 is 25.0 Å². The quantitative estimate of drug-likeness (QED) is 0.202. The molecular formula is C26H26ClN5O4. The second kappa shape index (κ2) is 11.4. The number of fused-ring (bicyclic) bond motifs is 2. The van der Waals surface area contributed by atoms with Gasteiger partial charge in [-0.15, -0.1) is 17.5 Å². The summed E-state index contributed by atoms with van der Waals surface area (Å²) < 4.78 is 16.4. The average molecular weight is 508 g/mol. The zero-order chi connectivity index (χ0) is 24.9. The van der Waals surface area contributed by atoms with Crippen molar-refractivity contribution >= 4 is 57.4 Å². The van der Waals surface area contributed by atoms with Crippen LogP contribution < -0.4 is 21.8 Å². The number of nitrogens with two attached hydrogens (primary N) is 2. The molecule has 10 heteroatoms. The number of ether oxygens (including phenoxy) is 1. The standard InChI is InChI=1S/C15H14O4.C11H11N5.ClH/c1-8(2)14-15(17-3)10-6-9-4-5-13(16)18-11(9)7-12(10)19-14;12-10-7-6-9(11(13)14-10)16-15-8-4-2-1-3-5-8;/h4-8H,1-3H3;1-7H,(H4,12,13,14);1H. The summed E-state index contributed by atoms with van der Waals surface area (Å²) in [5.74, 6) is 2.42. The molecule has 0 aliphatic carbocycles. The number of hydrogen-bond acceptors (Lipinski definition) is 9. The number of azo groups is 1. The SMILES string of the molecule is COc1c(C(C)C)oc2cc3oc(=O)ccc3cc12.Cl.Nc1ccc(N=Nc2ccccc2)c(N)n1. The minimum Gasteiger partial charge on any atom is -0.492 e. The molecule has 0 aliphatic heterocycles. The van der Waals surface area contributed by atoms with Crippen LogP contribution in [0.4, 0.5) is 23.0 Å². The maximum atomic E-state index is 11.2. The topological polar surface area (TPSA) is 142 Å². The molecule has 3 aromatic heterocycles. The maximum Gasteiger partial charge on any atom is 0.336 e. The first kappa shape index (κ1) is 26.2. The molecule has 0 fully saturated rings. The summed E-state index contributed by atoms with van der Waals surface area (Å²) in [6, 6.07) is 19.5.